The number of imide groups is 1. The van der Waals surface area contributed by atoms with Crippen LogP contribution in [0.2, 0.25) is 0 Å². The Morgan fingerprint density at radius 1 is 1.24 bits per heavy atom. The number of rotatable bonds is 5. The Kier molecular flexibility index (Phi) is 5.53. The Balaban J connectivity index is 1.55. The van der Waals surface area contributed by atoms with Crippen molar-refractivity contribution in [2.45, 2.75) is 25.7 Å². The van der Waals surface area contributed by atoms with Crippen molar-refractivity contribution in [2.75, 3.05) is 13.1 Å². The molecule has 1 saturated heterocycles. The predicted octanol–water partition coefficient (Wildman–Crippen LogP) is 3.17. The number of halogens is 1. The lowest BCUT2D eigenvalue weighted by atomic mass is 10.1. The van der Waals surface area contributed by atoms with E-state index in [1.165, 1.54) is 12.1 Å². The van der Waals surface area contributed by atoms with E-state index in [1.54, 1.807) is 18.2 Å². The van der Waals surface area contributed by atoms with Crippen LogP contribution in [0.25, 0.3) is 6.08 Å². The van der Waals surface area contributed by atoms with Gasteiger partial charge in [-0.05, 0) is 48.4 Å². The summed E-state index contributed by atoms with van der Waals surface area (Å²) in [5.74, 6) is -0.669. The van der Waals surface area contributed by atoms with Crippen molar-refractivity contribution in [3.8, 4) is 0 Å². The number of carbonyl (C=O) groups is 3. The zero-order chi connectivity index (χ0) is 17.8. The molecule has 7 heteroatoms. The molecule has 1 N–H and O–H groups in total. The Hall–Kier alpha value is -2.15. The SMILES string of the molecule is O=C(NCCN1C(=O)SC(=Cc2ccc(F)cc2)C1=O)C1CCCC1. The molecule has 3 rings (SSSR count). The fourth-order valence-electron chi connectivity index (χ4n) is 3.03. The van der Waals surface area contributed by atoms with Crippen molar-refractivity contribution in [3.63, 3.8) is 0 Å². The molecule has 2 fully saturated rings. The quantitative estimate of drug-likeness (QED) is 0.817. The molecule has 132 valence electrons. The maximum atomic E-state index is 12.9. The zero-order valence-corrected chi connectivity index (χ0v) is 14.5. The molecule has 0 aromatic heterocycles. The fraction of sp³-hybridized carbons (Fsp3) is 0.389. The van der Waals surface area contributed by atoms with E-state index in [9.17, 15) is 18.8 Å². The molecule has 0 atom stereocenters. The van der Waals surface area contributed by atoms with Gasteiger partial charge < -0.3 is 5.32 Å². The minimum absolute atomic E-state index is 0.00586. The van der Waals surface area contributed by atoms with E-state index in [4.69, 9.17) is 0 Å². The summed E-state index contributed by atoms with van der Waals surface area (Å²) in [5, 5.41) is 2.45. The largest absolute Gasteiger partial charge is 0.354 e. The first-order valence-electron chi connectivity index (χ1n) is 8.33. The number of nitrogens with one attached hydrogen (secondary N) is 1. The lowest BCUT2D eigenvalue weighted by molar-refractivity contribution is -0.126. The van der Waals surface area contributed by atoms with Gasteiger partial charge in [-0.2, -0.15) is 0 Å². The second kappa shape index (κ2) is 7.82. The third-order valence-corrected chi connectivity index (χ3v) is 5.31. The van der Waals surface area contributed by atoms with E-state index in [0.29, 0.717) is 10.5 Å². The molecule has 1 aliphatic heterocycles. The molecule has 0 radical (unpaired) electrons. The smallest absolute Gasteiger partial charge is 0.293 e. The van der Waals surface area contributed by atoms with Crippen LogP contribution >= 0.6 is 11.8 Å². The summed E-state index contributed by atoms with van der Waals surface area (Å²) in [6.45, 7) is 0.418. The lowest BCUT2D eigenvalue weighted by Crippen LogP contribution is -2.39. The second-order valence-corrected chi connectivity index (χ2v) is 7.15. The standard InChI is InChI=1S/C18H19FN2O3S/c19-14-7-5-12(6-8-14)11-15-17(23)21(18(24)25-15)10-9-20-16(22)13-3-1-2-4-13/h5-8,11,13H,1-4,9-10H2,(H,20,22). The van der Waals surface area contributed by atoms with Gasteiger partial charge in [-0.25, -0.2) is 4.39 Å². The first-order valence-corrected chi connectivity index (χ1v) is 9.15. The number of hydrogen-bond acceptors (Lipinski definition) is 4. The van der Waals surface area contributed by atoms with E-state index in [-0.39, 0.29) is 41.9 Å². The minimum atomic E-state index is -0.380. The van der Waals surface area contributed by atoms with Crippen LogP contribution in [-0.4, -0.2) is 35.0 Å². The molecule has 1 aromatic rings. The maximum Gasteiger partial charge on any atom is 0.293 e. The molecular formula is C18H19FN2O3S. The van der Waals surface area contributed by atoms with Crippen molar-refractivity contribution >= 4 is 34.9 Å². The first kappa shape index (κ1) is 17.7. The van der Waals surface area contributed by atoms with Crippen molar-refractivity contribution < 1.29 is 18.8 Å². The predicted molar refractivity (Wildman–Crippen MR) is 94.0 cm³/mol. The Morgan fingerprint density at radius 3 is 2.60 bits per heavy atom. The highest BCUT2D eigenvalue weighted by molar-refractivity contribution is 8.18. The van der Waals surface area contributed by atoms with Gasteiger partial charge in [0.1, 0.15) is 5.82 Å². The van der Waals surface area contributed by atoms with Crippen molar-refractivity contribution in [1.82, 2.24) is 10.2 Å². The van der Waals surface area contributed by atoms with E-state index < -0.39 is 0 Å². The molecule has 1 heterocycles. The highest BCUT2D eigenvalue weighted by Crippen LogP contribution is 2.32. The van der Waals surface area contributed by atoms with Crippen LogP contribution in [0.5, 0.6) is 0 Å². The van der Waals surface area contributed by atoms with E-state index >= 15 is 0 Å². The number of benzene rings is 1. The molecule has 0 unspecified atom stereocenters. The summed E-state index contributed by atoms with van der Waals surface area (Å²) in [4.78, 5) is 37.8. The summed E-state index contributed by atoms with van der Waals surface area (Å²) in [5.41, 5.74) is 0.654. The Labute approximate surface area is 149 Å². The molecule has 1 saturated carbocycles. The van der Waals surface area contributed by atoms with Gasteiger partial charge in [0.25, 0.3) is 11.1 Å². The second-order valence-electron chi connectivity index (χ2n) is 6.16. The van der Waals surface area contributed by atoms with Crippen LogP contribution in [-0.2, 0) is 9.59 Å². The lowest BCUT2D eigenvalue weighted by Gasteiger charge is -2.14. The van der Waals surface area contributed by atoms with Crippen molar-refractivity contribution in [1.29, 1.82) is 0 Å². The highest BCUT2D eigenvalue weighted by Gasteiger charge is 2.34. The molecule has 0 bridgehead atoms. The number of nitrogens with zero attached hydrogens (tertiary/aromatic N) is 1. The van der Waals surface area contributed by atoms with Crippen LogP contribution in [0.3, 0.4) is 0 Å². The fourth-order valence-corrected chi connectivity index (χ4v) is 3.89. The van der Waals surface area contributed by atoms with Gasteiger partial charge in [0, 0.05) is 19.0 Å². The van der Waals surface area contributed by atoms with Crippen LogP contribution in [0.15, 0.2) is 29.2 Å². The van der Waals surface area contributed by atoms with E-state index in [2.05, 4.69) is 5.32 Å². The number of amides is 3. The maximum absolute atomic E-state index is 12.9. The number of hydrogen-bond donors (Lipinski definition) is 1. The van der Waals surface area contributed by atoms with Gasteiger partial charge in [0.15, 0.2) is 0 Å². The molecule has 0 spiro atoms. The van der Waals surface area contributed by atoms with Crippen LogP contribution in [0.4, 0.5) is 9.18 Å². The minimum Gasteiger partial charge on any atom is -0.354 e. The first-order chi connectivity index (χ1) is 12.0. The van der Waals surface area contributed by atoms with Gasteiger partial charge in [-0.15, -0.1) is 0 Å². The molecule has 1 aromatic carbocycles. The van der Waals surface area contributed by atoms with Gasteiger partial charge in [0.2, 0.25) is 5.91 Å². The summed E-state index contributed by atoms with van der Waals surface area (Å²) >= 11 is 0.857. The topological polar surface area (TPSA) is 66.5 Å². The molecule has 25 heavy (non-hydrogen) atoms. The van der Waals surface area contributed by atoms with Gasteiger partial charge >= 0.3 is 0 Å². The van der Waals surface area contributed by atoms with Crippen molar-refractivity contribution in [3.05, 3.63) is 40.6 Å². The summed E-state index contributed by atoms with van der Waals surface area (Å²) < 4.78 is 12.9. The van der Waals surface area contributed by atoms with E-state index in [1.807, 2.05) is 0 Å². The van der Waals surface area contributed by atoms with E-state index in [0.717, 1.165) is 42.3 Å². The zero-order valence-electron chi connectivity index (χ0n) is 13.7. The van der Waals surface area contributed by atoms with Gasteiger partial charge in [-0.3, -0.25) is 19.3 Å². The molecule has 1 aliphatic carbocycles. The molecular weight excluding hydrogens is 343 g/mol. The van der Waals surface area contributed by atoms with Gasteiger partial charge in [-0.1, -0.05) is 25.0 Å². The Bertz CT molecular complexity index is 712. The number of carbonyl (C=O) groups excluding carboxylic acids is 3. The average Bonchev–Trinajstić information content (AvgIpc) is 3.21. The monoisotopic (exact) mass is 362 g/mol. The Morgan fingerprint density at radius 2 is 1.92 bits per heavy atom. The van der Waals surface area contributed by atoms with Gasteiger partial charge in [0.05, 0.1) is 4.91 Å². The van der Waals surface area contributed by atoms with Crippen LogP contribution < -0.4 is 5.32 Å². The summed E-state index contributed by atoms with van der Waals surface area (Å²) in [6.07, 6.45) is 5.55. The normalized spacial score (nSPS) is 19.9. The molecule has 3 amide bonds. The van der Waals surface area contributed by atoms with Crippen LogP contribution in [0.1, 0.15) is 31.2 Å². The van der Waals surface area contributed by atoms with Crippen molar-refractivity contribution in [2.24, 2.45) is 5.92 Å². The van der Waals surface area contributed by atoms with Crippen LogP contribution in [0, 0.1) is 11.7 Å². The third-order valence-electron chi connectivity index (χ3n) is 4.40. The summed E-state index contributed by atoms with van der Waals surface area (Å²) in [6, 6.07) is 5.69. The summed E-state index contributed by atoms with van der Waals surface area (Å²) in [7, 11) is 0. The molecule has 2 aliphatic rings. The number of thioether (sulfide) groups is 1. The third kappa shape index (κ3) is 4.28. The highest BCUT2D eigenvalue weighted by atomic mass is 32.2. The average molecular weight is 362 g/mol. The molecule has 5 nitrogen and oxygen atoms in total.